The summed E-state index contributed by atoms with van der Waals surface area (Å²) in [6.07, 6.45) is 5.28. The molecule has 3 rings (SSSR count). The number of ether oxygens (including phenoxy) is 1. The molecule has 0 unspecified atom stereocenters. The van der Waals surface area contributed by atoms with Gasteiger partial charge in [-0.05, 0) is 19.8 Å². The zero-order chi connectivity index (χ0) is 17.4. The molecular formula is C15H24N4O4S. The van der Waals surface area contributed by atoms with Crippen molar-refractivity contribution in [3.63, 3.8) is 0 Å². The number of carbonyl (C=O) groups is 1. The third-order valence-electron chi connectivity index (χ3n) is 4.72. The van der Waals surface area contributed by atoms with Gasteiger partial charge in [-0.1, -0.05) is 0 Å². The molecule has 3 heterocycles. The maximum Gasteiger partial charge on any atom is 0.318 e. The van der Waals surface area contributed by atoms with Gasteiger partial charge >= 0.3 is 6.03 Å². The van der Waals surface area contributed by atoms with Gasteiger partial charge in [-0.25, -0.2) is 13.2 Å². The van der Waals surface area contributed by atoms with Gasteiger partial charge in [0.15, 0.2) is 9.84 Å². The van der Waals surface area contributed by atoms with Crippen LogP contribution in [0, 0.1) is 0 Å². The predicted octanol–water partition coefficient (Wildman–Crippen LogP) is 0.470. The number of nitrogens with one attached hydrogen (secondary N) is 1. The molecule has 2 fully saturated rings. The van der Waals surface area contributed by atoms with Crippen LogP contribution < -0.4 is 5.32 Å². The Morgan fingerprint density at radius 2 is 2.33 bits per heavy atom. The van der Waals surface area contributed by atoms with E-state index < -0.39 is 15.9 Å². The number of nitrogens with zero attached hydrogens (tertiary/aromatic N) is 3. The van der Waals surface area contributed by atoms with Crippen LogP contribution in [0.25, 0.3) is 0 Å². The van der Waals surface area contributed by atoms with E-state index in [9.17, 15) is 13.2 Å². The van der Waals surface area contributed by atoms with Crippen LogP contribution in [0.2, 0.25) is 0 Å². The van der Waals surface area contributed by atoms with Gasteiger partial charge in [0, 0.05) is 38.5 Å². The Morgan fingerprint density at radius 1 is 1.54 bits per heavy atom. The van der Waals surface area contributed by atoms with E-state index >= 15 is 0 Å². The second kappa shape index (κ2) is 6.36. The summed E-state index contributed by atoms with van der Waals surface area (Å²) in [6, 6.07) is -0.759. The monoisotopic (exact) mass is 356 g/mol. The maximum absolute atomic E-state index is 12.6. The molecule has 8 nitrogen and oxygen atoms in total. The van der Waals surface area contributed by atoms with Crippen LogP contribution >= 0.6 is 0 Å². The number of sulfone groups is 1. The second-order valence-electron chi connectivity index (χ2n) is 6.83. The average Bonchev–Trinajstić information content (AvgIpc) is 3.13. The minimum Gasteiger partial charge on any atom is -0.373 e. The van der Waals surface area contributed by atoms with Crippen molar-refractivity contribution in [1.29, 1.82) is 0 Å². The summed E-state index contributed by atoms with van der Waals surface area (Å²) >= 11 is 0. The van der Waals surface area contributed by atoms with Crippen LogP contribution in [0.1, 0.15) is 31.4 Å². The van der Waals surface area contributed by atoms with E-state index in [1.54, 1.807) is 29.0 Å². The normalized spacial score (nSPS) is 29.6. The fourth-order valence-electron chi connectivity index (χ4n) is 3.28. The van der Waals surface area contributed by atoms with E-state index in [1.165, 1.54) is 0 Å². The van der Waals surface area contributed by atoms with Gasteiger partial charge in [0.25, 0.3) is 0 Å². The number of hydrogen-bond acceptors (Lipinski definition) is 5. The van der Waals surface area contributed by atoms with Crippen molar-refractivity contribution in [3.8, 4) is 0 Å². The molecule has 1 aromatic rings. The lowest BCUT2D eigenvalue weighted by Gasteiger charge is -2.36. The van der Waals surface area contributed by atoms with Crippen molar-refractivity contribution in [3.05, 3.63) is 18.0 Å². The molecule has 2 amide bonds. The molecule has 24 heavy (non-hydrogen) atoms. The van der Waals surface area contributed by atoms with E-state index in [1.807, 2.05) is 6.92 Å². The molecule has 0 aliphatic carbocycles. The molecule has 0 aromatic carbocycles. The van der Waals surface area contributed by atoms with Crippen LogP contribution in [0.5, 0.6) is 0 Å². The quantitative estimate of drug-likeness (QED) is 0.850. The summed E-state index contributed by atoms with van der Waals surface area (Å²) in [5.74, 6) is -0.0785. The Hall–Kier alpha value is -1.61. The molecule has 9 heteroatoms. The Kier molecular flexibility index (Phi) is 4.56. The number of hydrogen-bond donors (Lipinski definition) is 1. The number of aryl methyl sites for hydroxylation is 1. The van der Waals surface area contributed by atoms with Crippen LogP contribution in [-0.2, 0) is 21.6 Å². The summed E-state index contributed by atoms with van der Waals surface area (Å²) in [6.45, 7) is 3.31. The molecule has 1 aromatic heterocycles. The third-order valence-corrected chi connectivity index (χ3v) is 6.34. The van der Waals surface area contributed by atoms with Gasteiger partial charge in [-0.2, -0.15) is 5.10 Å². The van der Waals surface area contributed by atoms with Crippen molar-refractivity contribution >= 4 is 15.9 Å². The zero-order valence-electron chi connectivity index (χ0n) is 14.1. The molecule has 0 radical (unpaired) electrons. The molecule has 1 N–H and O–H groups in total. The number of urea groups is 1. The first kappa shape index (κ1) is 17.2. The summed E-state index contributed by atoms with van der Waals surface area (Å²) in [5.41, 5.74) is 0.403. The summed E-state index contributed by atoms with van der Waals surface area (Å²) < 4.78 is 31.3. The highest BCUT2D eigenvalue weighted by atomic mass is 32.2. The summed E-state index contributed by atoms with van der Waals surface area (Å²) in [5, 5.41) is 7.01. The summed E-state index contributed by atoms with van der Waals surface area (Å²) in [4.78, 5) is 14.2. The highest BCUT2D eigenvalue weighted by molar-refractivity contribution is 7.91. The van der Waals surface area contributed by atoms with Crippen molar-refractivity contribution < 1.29 is 17.9 Å². The highest BCUT2D eigenvalue weighted by Gasteiger charge is 2.37. The molecular weight excluding hydrogens is 332 g/mol. The Balaban J connectivity index is 1.72. The average molecular weight is 356 g/mol. The number of aromatic nitrogens is 2. The van der Waals surface area contributed by atoms with Crippen LogP contribution in [-0.4, -0.2) is 65.9 Å². The molecule has 134 valence electrons. The lowest BCUT2D eigenvalue weighted by Crippen LogP contribution is -2.52. The number of rotatable bonds is 3. The van der Waals surface area contributed by atoms with Crippen molar-refractivity contribution in [2.75, 3.05) is 31.2 Å². The van der Waals surface area contributed by atoms with E-state index in [0.29, 0.717) is 13.2 Å². The molecule has 2 atom stereocenters. The van der Waals surface area contributed by atoms with Crippen LogP contribution in [0.4, 0.5) is 4.79 Å². The van der Waals surface area contributed by atoms with Crippen LogP contribution in [0.15, 0.2) is 12.4 Å². The SMILES string of the molecule is Cn1cc([C@H]2CS(=O)(=O)CCN2C(=O)NC[C@@]2(C)CCCO2)cn1. The minimum atomic E-state index is -3.16. The molecule has 2 aliphatic heterocycles. The zero-order valence-corrected chi connectivity index (χ0v) is 14.9. The first-order valence-corrected chi connectivity index (χ1v) is 9.98. The molecule has 0 spiro atoms. The van der Waals surface area contributed by atoms with Crippen molar-refractivity contribution in [1.82, 2.24) is 20.0 Å². The Bertz CT molecular complexity index is 709. The predicted molar refractivity (Wildman–Crippen MR) is 88.3 cm³/mol. The largest absolute Gasteiger partial charge is 0.373 e. The second-order valence-corrected chi connectivity index (χ2v) is 9.06. The smallest absolute Gasteiger partial charge is 0.318 e. The molecule has 2 aliphatic rings. The third kappa shape index (κ3) is 3.72. The Labute approximate surface area is 142 Å². The lowest BCUT2D eigenvalue weighted by molar-refractivity contribution is 0.0215. The molecule has 0 bridgehead atoms. The summed E-state index contributed by atoms with van der Waals surface area (Å²) in [7, 11) is -1.40. The molecule has 0 saturated carbocycles. The minimum absolute atomic E-state index is 0.00898. The number of carbonyl (C=O) groups excluding carboxylic acids is 1. The lowest BCUT2D eigenvalue weighted by atomic mass is 10.0. The fraction of sp³-hybridized carbons (Fsp3) is 0.733. The van der Waals surface area contributed by atoms with E-state index in [-0.39, 0.29) is 29.7 Å². The van der Waals surface area contributed by atoms with Gasteiger partial charge in [0.2, 0.25) is 0 Å². The van der Waals surface area contributed by atoms with Gasteiger partial charge in [-0.3, -0.25) is 4.68 Å². The van der Waals surface area contributed by atoms with Gasteiger partial charge < -0.3 is 15.0 Å². The van der Waals surface area contributed by atoms with E-state index in [2.05, 4.69) is 10.4 Å². The first-order valence-electron chi connectivity index (χ1n) is 8.15. The van der Waals surface area contributed by atoms with E-state index in [0.717, 1.165) is 18.4 Å². The van der Waals surface area contributed by atoms with Gasteiger partial charge in [0.1, 0.15) is 0 Å². The van der Waals surface area contributed by atoms with E-state index in [4.69, 9.17) is 4.74 Å². The maximum atomic E-state index is 12.6. The van der Waals surface area contributed by atoms with Gasteiger partial charge in [-0.15, -0.1) is 0 Å². The first-order chi connectivity index (χ1) is 11.3. The standard InChI is InChI=1S/C15H24N4O4S/c1-15(4-3-6-23-15)11-16-14(20)19-5-7-24(21,22)10-13(19)12-8-17-18(2)9-12/h8-9,13H,3-7,10-11H2,1-2H3,(H,16,20)/t13-,15-/m1/s1. The number of amides is 2. The van der Waals surface area contributed by atoms with Crippen molar-refractivity contribution in [2.45, 2.75) is 31.4 Å². The van der Waals surface area contributed by atoms with Crippen molar-refractivity contribution in [2.24, 2.45) is 7.05 Å². The highest BCUT2D eigenvalue weighted by Crippen LogP contribution is 2.27. The molecule has 2 saturated heterocycles. The fourth-order valence-corrected chi connectivity index (χ4v) is 4.77. The Morgan fingerprint density at radius 3 is 2.96 bits per heavy atom. The van der Waals surface area contributed by atoms with Crippen LogP contribution in [0.3, 0.4) is 0 Å². The van der Waals surface area contributed by atoms with Gasteiger partial charge in [0.05, 0.1) is 29.3 Å². The topological polar surface area (TPSA) is 93.5 Å².